The van der Waals surface area contributed by atoms with Crippen LogP contribution in [0.4, 0.5) is 11.4 Å². The van der Waals surface area contributed by atoms with Gasteiger partial charge in [-0.1, -0.05) is 58.5 Å². The summed E-state index contributed by atoms with van der Waals surface area (Å²) in [5.74, 6) is -0.0876. The van der Waals surface area contributed by atoms with Gasteiger partial charge in [-0.3, -0.25) is 9.44 Å². The second-order valence-corrected chi connectivity index (χ2v) is 11.1. The van der Waals surface area contributed by atoms with E-state index in [1.807, 2.05) is 0 Å². The second kappa shape index (κ2) is 9.54. The maximum absolute atomic E-state index is 13.0. The van der Waals surface area contributed by atoms with Gasteiger partial charge in [0, 0.05) is 0 Å². The predicted molar refractivity (Wildman–Crippen MR) is 128 cm³/mol. The molecule has 13 heteroatoms. The van der Waals surface area contributed by atoms with E-state index in [1.165, 1.54) is 55.6 Å². The smallest absolute Gasteiger partial charge is 0.265 e. The van der Waals surface area contributed by atoms with Crippen molar-refractivity contribution >= 4 is 77.8 Å². The van der Waals surface area contributed by atoms with Crippen LogP contribution in [-0.4, -0.2) is 23.9 Å². The number of benzene rings is 3. The summed E-state index contributed by atoms with van der Waals surface area (Å²) in [4.78, 5) is -0.789. The van der Waals surface area contributed by atoms with Crippen molar-refractivity contribution in [1.82, 2.24) is 0 Å². The third-order valence-electron chi connectivity index (χ3n) is 4.13. The molecule has 3 rings (SSSR count). The first-order valence-corrected chi connectivity index (χ1v) is 13.1. The molecule has 0 aliphatic rings. The zero-order chi connectivity index (χ0) is 23.7. The molecule has 0 aromatic heterocycles. The molecule has 0 unspecified atom stereocenters. The Hall–Kier alpha value is -1.88. The fourth-order valence-corrected chi connectivity index (χ4v) is 5.85. The molecule has 0 saturated heterocycles. The highest BCUT2D eigenvalue weighted by molar-refractivity contribution is 7.93. The van der Waals surface area contributed by atoms with Crippen molar-refractivity contribution in [1.29, 1.82) is 0 Å². The zero-order valence-electron chi connectivity index (χ0n) is 16.1. The largest absolute Gasteiger partial charge is 0.495 e. The molecule has 32 heavy (non-hydrogen) atoms. The number of ether oxygens (including phenoxy) is 1. The van der Waals surface area contributed by atoms with Crippen molar-refractivity contribution in [3.05, 3.63) is 74.7 Å². The summed E-state index contributed by atoms with van der Waals surface area (Å²) >= 11 is 24.0. The SMILES string of the molecule is COc1ccc(S(=O)(=O)Nc2cccc(Cl)c2Cl)cc1S(=O)(=O)Nc1cccc(Cl)c1Cl. The summed E-state index contributed by atoms with van der Waals surface area (Å²) in [6.07, 6.45) is 0. The molecule has 2 N–H and O–H groups in total. The molecule has 170 valence electrons. The van der Waals surface area contributed by atoms with Crippen molar-refractivity contribution in [2.24, 2.45) is 0 Å². The van der Waals surface area contributed by atoms with Crippen LogP contribution >= 0.6 is 46.4 Å². The second-order valence-electron chi connectivity index (χ2n) is 6.23. The zero-order valence-corrected chi connectivity index (χ0v) is 20.7. The number of methoxy groups -OCH3 is 1. The van der Waals surface area contributed by atoms with Gasteiger partial charge in [-0.25, -0.2) is 16.8 Å². The van der Waals surface area contributed by atoms with Crippen LogP contribution < -0.4 is 14.2 Å². The molecular weight excluding hydrogens is 542 g/mol. The number of anilines is 2. The molecule has 0 bridgehead atoms. The van der Waals surface area contributed by atoms with Crippen LogP contribution in [-0.2, 0) is 20.0 Å². The van der Waals surface area contributed by atoms with Gasteiger partial charge in [-0.05, 0) is 42.5 Å². The maximum atomic E-state index is 13.0. The first kappa shape index (κ1) is 24.8. The van der Waals surface area contributed by atoms with E-state index in [-0.39, 0.29) is 42.1 Å². The normalized spacial score (nSPS) is 11.8. The fourth-order valence-electron chi connectivity index (χ4n) is 2.60. The van der Waals surface area contributed by atoms with Gasteiger partial charge in [0.25, 0.3) is 20.0 Å². The minimum atomic E-state index is -4.32. The van der Waals surface area contributed by atoms with Crippen LogP contribution in [0.25, 0.3) is 0 Å². The Bertz CT molecular complexity index is 1400. The highest BCUT2D eigenvalue weighted by atomic mass is 35.5. The van der Waals surface area contributed by atoms with Crippen LogP contribution in [0.3, 0.4) is 0 Å². The molecule has 0 atom stereocenters. The molecule has 0 aliphatic heterocycles. The van der Waals surface area contributed by atoms with E-state index in [4.69, 9.17) is 51.1 Å². The first-order valence-electron chi connectivity index (χ1n) is 8.58. The van der Waals surface area contributed by atoms with E-state index in [0.29, 0.717) is 0 Å². The lowest BCUT2D eigenvalue weighted by Gasteiger charge is -2.15. The van der Waals surface area contributed by atoms with E-state index in [2.05, 4.69) is 9.44 Å². The van der Waals surface area contributed by atoms with Crippen LogP contribution in [0.1, 0.15) is 0 Å². The van der Waals surface area contributed by atoms with Crippen LogP contribution in [0.5, 0.6) is 5.75 Å². The van der Waals surface area contributed by atoms with Gasteiger partial charge < -0.3 is 4.74 Å². The van der Waals surface area contributed by atoms with Crippen LogP contribution in [0.2, 0.25) is 20.1 Å². The van der Waals surface area contributed by atoms with Crippen molar-refractivity contribution in [2.45, 2.75) is 9.79 Å². The number of sulfonamides is 2. The van der Waals surface area contributed by atoms with Gasteiger partial charge in [0.05, 0.1) is 43.5 Å². The molecular formula is C19H14Cl4N2O5S2. The number of hydrogen-bond donors (Lipinski definition) is 2. The monoisotopic (exact) mass is 554 g/mol. The Morgan fingerprint density at radius 1 is 0.719 bits per heavy atom. The average molecular weight is 556 g/mol. The minimum absolute atomic E-state index is 0.00337. The average Bonchev–Trinajstić information content (AvgIpc) is 2.74. The van der Waals surface area contributed by atoms with E-state index in [9.17, 15) is 16.8 Å². The summed E-state index contributed by atoms with van der Waals surface area (Å²) in [6.45, 7) is 0. The Balaban J connectivity index is 2.04. The third-order valence-corrected chi connectivity index (χ3v) is 8.51. The predicted octanol–water partition coefficient (Wildman–Crippen LogP) is 5.91. The van der Waals surface area contributed by atoms with Gasteiger partial charge in [0.1, 0.15) is 10.6 Å². The fraction of sp³-hybridized carbons (Fsp3) is 0.0526. The van der Waals surface area contributed by atoms with Gasteiger partial charge >= 0.3 is 0 Å². The number of hydrogen-bond acceptors (Lipinski definition) is 5. The van der Waals surface area contributed by atoms with E-state index < -0.39 is 24.9 Å². The number of halogens is 4. The van der Waals surface area contributed by atoms with Crippen LogP contribution in [0, 0.1) is 0 Å². The Kier molecular flexibility index (Phi) is 7.38. The molecule has 0 spiro atoms. The van der Waals surface area contributed by atoms with Crippen molar-refractivity contribution < 1.29 is 21.6 Å². The van der Waals surface area contributed by atoms with E-state index in [1.54, 1.807) is 0 Å². The Morgan fingerprint density at radius 3 is 1.72 bits per heavy atom. The molecule has 0 amide bonds. The van der Waals surface area contributed by atoms with Crippen LogP contribution in [0.15, 0.2) is 64.4 Å². The van der Waals surface area contributed by atoms with Gasteiger partial charge in [-0.15, -0.1) is 0 Å². The summed E-state index contributed by atoms with van der Waals surface area (Å²) in [7, 11) is -7.31. The number of rotatable bonds is 7. The first-order chi connectivity index (χ1) is 15.0. The topological polar surface area (TPSA) is 102 Å². The maximum Gasteiger partial charge on any atom is 0.265 e. The van der Waals surface area contributed by atoms with Gasteiger partial charge in [-0.2, -0.15) is 0 Å². The lowest BCUT2D eigenvalue weighted by atomic mass is 10.3. The van der Waals surface area contributed by atoms with E-state index in [0.717, 1.165) is 6.07 Å². The molecule has 0 radical (unpaired) electrons. The highest BCUT2D eigenvalue weighted by Gasteiger charge is 2.25. The molecule has 0 fully saturated rings. The summed E-state index contributed by atoms with van der Waals surface area (Å²) < 4.78 is 61.5. The van der Waals surface area contributed by atoms with Crippen molar-refractivity contribution in [3.63, 3.8) is 0 Å². The molecule has 0 aliphatic carbocycles. The summed E-state index contributed by atoms with van der Waals surface area (Å²) in [5, 5.41) is 0.263. The molecule has 0 heterocycles. The van der Waals surface area contributed by atoms with Gasteiger partial charge in [0.2, 0.25) is 0 Å². The standard InChI is InChI=1S/C19H14Cl4N2O5S2/c1-30-16-9-8-11(31(26,27)24-14-6-2-4-12(20)18(14)22)10-17(16)32(28,29)25-15-7-3-5-13(21)19(15)23/h2-10,24-25H,1H3. The Morgan fingerprint density at radius 2 is 1.22 bits per heavy atom. The van der Waals surface area contributed by atoms with Crippen molar-refractivity contribution in [2.75, 3.05) is 16.6 Å². The lowest BCUT2D eigenvalue weighted by Crippen LogP contribution is -2.17. The minimum Gasteiger partial charge on any atom is -0.495 e. The molecule has 0 saturated carbocycles. The van der Waals surface area contributed by atoms with E-state index >= 15 is 0 Å². The Labute approximate surface area is 205 Å². The quantitative estimate of drug-likeness (QED) is 0.377. The molecule has 3 aromatic rings. The van der Waals surface area contributed by atoms with Crippen molar-refractivity contribution in [3.8, 4) is 5.75 Å². The van der Waals surface area contributed by atoms with Gasteiger partial charge in [0.15, 0.2) is 0 Å². The highest BCUT2D eigenvalue weighted by Crippen LogP contribution is 2.35. The lowest BCUT2D eigenvalue weighted by molar-refractivity contribution is 0.402. The third kappa shape index (κ3) is 5.19. The number of nitrogens with one attached hydrogen (secondary N) is 2. The molecule has 3 aromatic carbocycles. The summed E-state index contributed by atoms with van der Waals surface area (Å²) in [6, 6.07) is 12.1. The summed E-state index contributed by atoms with van der Waals surface area (Å²) in [5.41, 5.74) is 0.0431. The molecule has 7 nitrogen and oxygen atoms in total.